The van der Waals surface area contributed by atoms with Gasteiger partial charge in [-0.15, -0.1) is 0 Å². The smallest absolute Gasteiger partial charge is 0.248 e. The van der Waals surface area contributed by atoms with Gasteiger partial charge < -0.3 is 9.84 Å². The van der Waals surface area contributed by atoms with Crippen molar-refractivity contribution in [3.05, 3.63) is 75.1 Å². The van der Waals surface area contributed by atoms with E-state index in [2.05, 4.69) is 10.5 Å². The number of carbonyl (C=O) groups is 1. The Hall–Kier alpha value is -2.94. The van der Waals surface area contributed by atoms with Gasteiger partial charge in [0.2, 0.25) is 15.9 Å². The zero-order valence-electron chi connectivity index (χ0n) is 20.8. The summed E-state index contributed by atoms with van der Waals surface area (Å²) in [6, 6.07) is 11.4. The van der Waals surface area contributed by atoms with E-state index in [0.29, 0.717) is 30.1 Å². The van der Waals surface area contributed by atoms with Crippen molar-refractivity contribution in [1.29, 1.82) is 0 Å². The van der Waals surface area contributed by atoms with Crippen molar-refractivity contribution < 1.29 is 17.7 Å². The lowest BCUT2D eigenvalue weighted by molar-refractivity contribution is -0.120. The molecule has 2 aromatic carbocycles. The number of nitrogens with zero attached hydrogens (tertiary/aromatic N) is 2. The summed E-state index contributed by atoms with van der Waals surface area (Å²) in [5, 5.41) is 7.36. The summed E-state index contributed by atoms with van der Waals surface area (Å²) < 4.78 is 34.1. The van der Waals surface area contributed by atoms with E-state index < -0.39 is 15.9 Å². The monoisotopic (exact) mass is 527 g/mol. The third-order valence-electron chi connectivity index (χ3n) is 6.47. The number of rotatable bonds is 6. The van der Waals surface area contributed by atoms with Crippen molar-refractivity contribution >= 4 is 45.4 Å². The molecular formula is C27H30ClN3O4S. The number of benzene rings is 2. The van der Waals surface area contributed by atoms with E-state index in [4.69, 9.17) is 16.1 Å². The molecule has 0 radical (unpaired) electrons. The summed E-state index contributed by atoms with van der Waals surface area (Å²) in [6.45, 7) is 7.90. The molecule has 0 bridgehead atoms. The van der Waals surface area contributed by atoms with Crippen LogP contribution in [0.5, 0.6) is 0 Å². The van der Waals surface area contributed by atoms with E-state index in [1.54, 1.807) is 25.1 Å². The molecule has 0 unspecified atom stereocenters. The number of aryl methyl sites for hydroxylation is 4. The first-order valence-electron chi connectivity index (χ1n) is 11.8. The van der Waals surface area contributed by atoms with Crippen LogP contribution in [0.4, 0.5) is 5.69 Å². The quantitative estimate of drug-likeness (QED) is 0.439. The Bertz CT molecular complexity index is 1430. The Kier molecular flexibility index (Phi) is 7.68. The van der Waals surface area contributed by atoms with Crippen LogP contribution in [0.2, 0.25) is 5.02 Å². The van der Waals surface area contributed by atoms with Crippen LogP contribution in [0.3, 0.4) is 0 Å². The Labute approximate surface area is 217 Å². The zero-order chi connectivity index (χ0) is 26.0. The van der Waals surface area contributed by atoms with Gasteiger partial charge in [-0.05, 0) is 75.4 Å². The number of nitrogens with one attached hydrogen (secondary N) is 1. The Morgan fingerprint density at radius 1 is 1.11 bits per heavy atom. The molecule has 1 aromatic heterocycles. The van der Waals surface area contributed by atoms with E-state index in [1.165, 1.54) is 4.31 Å². The fraction of sp³-hybridized carbons (Fsp3) is 0.333. The Morgan fingerprint density at radius 2 is 1.86 bits per heavy atom. The molecule has 1 saturated heterocycles. The fourth-order valence-corrected chi connectivity index (χ4v) is 6.28. The largest absolute Gasteiger partial charge is 0.355 e. The topological polar surface area (TPSA) is 92.5 Å². The maximum Gasteiger partial charge on any atom is 0.248 e. The first-order valence-corrected chi connectivity index (χ1v) is 13.7. The Balaban J connectivity index is 1.54. The van der Waals surface area contributed by atoms with Crippen molar-refractivity contribution in [2.24, 2.45) is 5.92 Å². The maximum absolute atomic E-state index is 13.7. The maximum atomic E-state index is 13.7. The molecular weight excluding hydrogens is 498 g/mol. The van der Waals surface area contributed by atoms with Crippen LogP contribution >= 0.6 is 11.6 Å². The number of amides is 1. The predicted molar refractivity (Wildman–Crippen MR) is 142 cm³/mol. The highest BCUT2D eigenvalue weighted by Gasteiger charge is 2.37. The number of sulfonamides is 1. The lowest BCUT2D eigenvalue weighted by Crippen LogP contribution is -2.43. The predicted octanol–water partition coefficient (Wildman–Crippen LogP) is 5.77. The van der Waals surface area contributed by atoms with Crippen LogP contribution in [0.25, 0.3) is 12.2 Å². The van der Waals surface area contributed by atoms with Crippen LogP contribution in [-0.2, 0) is 14.8 Å². The Morgan fingerprint density at radius 3 is 2.61 bits per heavy atom. The standard InChI is InChI=1S/C27H30ClN3O4S/c1-17-7-8-18(2)21(14-17)10-12-25-26(20(4)30-35-25)36(33,34)31-13-5-6-22(16-31)27(32)29-23-11-9-19(3)24(28)15-23/h7-12,14-15,22H,5-6,13,16H2,1-4H3,(H,29,32)/b12-10+/t22-/m1/s1. The number of aromatic nitrogens is 1. The second-order valence-corrected chi connectivity index (χ2v) is 11.6. The summed E-state index contributed by atoms with van der Waals surface area (Å²) in [6.07, 6.45) is 4.65. The van der Waals surface area contributed by atoms with Gasteiger partial charge in [-0.25, -0.2) is 8.42 Å². The van der Waals surface area contributed by atoms with Gasteiger partial charge in [0.1, 0.15) is 5.69 Å². The van der Waals surface area contributed by atoms with Crippen molar-refractivity contribution in [1.82, 2.24) is 9.46 Å². The first-order chi connectivity index (χ1) is 17.1. The van der Waals surface area contributed by atoms with Crippen LogP contribution in [0, 0.1) is 33.6 Å². The van der Waals surface area contributed by atoms with E-state index in [1.807, 2.05) is 51.1 Å². The summed E-state index contributed by atoms with van der Waals surface area (Å²) >= 11 is 6.17. The molecule has 0 aliphatic carbocycles. The van der Waals surface area contributed by atoms with Gasteiger partial charge in [-0.3, -0.25) is 4.79 Å². The molecule has 1 aliphatic heterocycles. The van der Waals surface area contributed by atoms with Crippen LogP contribution in [-0.4, -0.2) is 36.9 Å². The number of carbonyl (C=O) groups excluding carboxylic acids is 1. The lowest BCUT2D eigenvalue weighted by atomic mass is 9.98. The molecule has 190 valence electrons. The van der Waals surface area contributed by atoms with Crippen LogP contribution in [0.1, 0.15) is 46.5 Å². The van der Waals surface area contributed by atoms with Crippen molar-refractivity contribution in [2.75, 3.05) is 18.4 Å². The summed E-state index contributed by atoms with van der Waals surface area (Å²) in [5.74, 6) is -0.538. The second kappa shape index (κ2) is 10.6. The van der Waals surface area contributed by atoms with Gasteiger partial charge in [-0.2, -0.15) is 4.31 Å². The summed E-state index contributed by atoms with van der Waals surface area (Å²) in [7, 11) is -3.93. The molecule has 9 heteroatoms. The molecule has 2 heterocycles. The van der Waals surface area contributed by atoms with Crippen LogP contribution in [0.15, 0.2) is 45.8 Å². The molecule has 7 nitrogen and oxygen atoms in total. The van der Waals surface area contributed by atoms with Crippen molar-refractivity contribution in [2.45, 2.75) is 45.4 Å². The van der Waals surface area contributed by atoms with Gasteiger partial charge in [-0.1, -0.05) is 52.7 Å². The summed E-state index contributed by atoms with van der Waals surface area (Å²) in [4.78, 5) is 13.0. The molecule has 1 aliphatic rings. The molecule has 1 atom stereocenters. The second-order valence-electron chi connectivity index (χ2n) is 9.31. The van der Waals surface area contributed by atoms with Gasteiger partial charge in [0.05, 0.1) is 5.92 Å². The minimum atomic E-state index is -3.93. The molecule has 0 saturated carbocycles. The SMILES string of the molecule is Cc1ccc(C)c(/C=C/c2onc(C)c2S(=O)(=O)N2CCC[C@@H](C(=O)Nc3ccc(C)c(Cl)c3)C2)c1. The molecule has 3 aromatic rings. The van der Waals surface area contributed by atoms with E-state index in [0.717, 1.165) is 22.3 Å². The van der Waals surface area contributed by atoms with Gasteiger partial charge in [0.15, 0.2) is 10.7 Å². The number of halogens is 1. The number of piperidine rings is 1. The molecule has 1 amide bonds. The minimum Gasteiger partial charge on any atom is -0.355 e. The third-order valence-corrected chi connectivity index (χ3v) is 8.91. The highest BCUT2D eigenvalue weighted by atomic mass is 35.5. The zero-order valence-corrected chi connectivity index (χ0v) is 22.4. The fourth-order valence-electron chi connectivity index (χ4n) is 4.32. The summed E-state index contributed by atoms with van der Waals surface area (Å²) in [5.41, 5.74) is 4.93. The normalized spacial score (nSPS) is 17.0. The van der Waals surface area contributed by atoms with E-state index in [9.17, 15) is 13.2 Å². The molecule has 0 spiro atoms. The van der Waals surface area contributed by atoms with Crippen molar-refractivity contribution in [3.63, 3.8) is 0 Å². The van der Waals surface area contributed by atoms with Gasteiger partial charge in [0.25, 0.3) is 0 Å². The molecule has 4 rings (SSSR count). The lowest BCUT2D eigenvalue weighted by Gasteiger charge is -2.31. The van der Waals surface area contributed by atoms with E-state index in [-0.39, 0.29) is 28.8 Å². The number of anilines is 1. The third kappa shape index (κ3) is 5.56. The average molecular weight is 528 g/mol. The van der Waals surface area contributed by atoms with Crippen molar-refractivity contribution in [3.8, 4) is 0 Å². The van der Waals surface area contributed by atoms with E-state index >= 15 is 0 Å². The highest BCUT2D eigenvalue weighted by molar-refractivity contribution is 7.89. The van der Waals surface area contributed by atoms with Crippen LogP contribution < -0.4 is 5.32 Å². The molecule has 36 heavy (non-hydrogen) atoms. The van der Waals surface area contributed by atoms with Gasteiger partial charge >= 0.3 is 0 Å². The highest BCUT2D eigenvalue weighted by Crippen LogP contribution is 2.30. The average Bonchev–Trinajstić information content (AvgIpc) is 3.23. The molecule has 1 N–H and O–H groups in total. The minimum absolute atomic E-state index is 0.0374. The number of hydrogen-bond donors (Lipinski definition) is 1. The molecule has 1 fully saturated rings. The van der Waals surface area contributed by atoms with Gasteiger partial charge in [0, 0.05) is 23.8 Å². The number of hydrogen-bond acceptors (Lipinski definition) is 5. The first kappa shape index (κ1) is 26.1.